The van der Waals surface area contributed by atoms with Crippen molar-refractivity contribution in [1.82, 2.24) is 10.5 Å². The molecule has 14 heavy (non-hydrogen) atoms. The van der Waals surface area contributed by atoms with Crippen LogP contribution < -0.4 is 5.32 Å². The molecule has 1 atom stereocenters. The number of likely N-dealkylation sites (N-methyl/N-ethyl adjacent to an activating group) is 1. The summed E-state index contributed by atoms with van der Waals surface area (Å²) >= 11 is 0. The van der Waals surface area contributed by atoms with Gasteiger partial charge in [0.15, 0.2) is 0 Å². The Morgan fingerprint density at radius 1 is 1.43 bits per heavy atom. The summed E-state index contributed by atoms with van der Waals surface area (Å²) in [4.78, 5) is 0. The molecule has 2 aromatic rings. The van der Waals surface area contributed by atoms with Crippen LogP contribution in [0.3, 0.4) is 0 Å². The number of aromatic nitrogens is 1. The van der Waals surface area contributed by atoms with Crippen molar-refractivity contribution < 1.29 is 4.52 Å². The molecule has 0 saturated carbocycles. The van der Waals surface area contributed by atoms with E-state index >= 15 is 0 Å². The van der Waals surface area contributed by atoms with Gasteiger partial charge in [-0.25, -0.2) is 0 Å². The number of nitrogens with one attached hydrogen (secondary N) is 1. The van der Waals surface area contributed by atoms with Crippen LogP contribution in [-0.2, 0) is 6.42 Å². The Hall–Kier alpha value is -1.35. The van der Waals surface area contributed by atoms with E-state index in [1.807, 2.05) is 31.3 Å². The molecule has 0 radical (unpaired) electrons. The highest BCUT2D eigenvalue weighted by Crippen LogP contribution is 2.18. The number of benzene rings is 1. The monoisotopic (exact) mass is 190 g/mol. The van der Waals surface area contributed by atoms with Gasteiger partial charge in [-0.2, -0.15) is 0 Å². The summed E-state index contributed by atoms with van der Waals surface area (Å²) in [5.41, 5.74) is 0.936. The topological polar surface area (TPSA) is 38.1 Å². The maximum atomic E-state index is 5.30. The van der Waals surface area contributed by atoms with Gasteiger partial charge in [0.05, 0.1) is 0 Å². The van der Waals surface area contributed by atoms with E-state index in [0.29, 0.717) is 6.04 Å². The van der Waals surface area contributed by atoms with Gasteiger partial charge in [0.25, 0.3) is 0 Å². The maximum Gasteiger partial charge on any atom is 0.146 e. The van der Waals surface area contributed by atoms with Gasteiger partial charge in [-0.05, 0) is 26.1 Å². The third-order valence-corrected chi connectivity index (χ3v) is 2.44. The molecule has 1 unspecified atom stereocenters. The van der Waals surface area contributed by atoms with Gasteiger partial charge in [-0.1, -0.05) is 17.3 Å². The second-order valence-corrected chi connectivity index (χ2v) is 3.52. The molecule has 0 aliphatic heterocycles. The summed E-state index contributed by atoms with van der Waals surface area (Å²) in [6.07, 6.45) is 0.872. The Bertz CT molecular complexity index is 422. The molecular weight excluding hydrogens is 176 g/mol. The minimum absolute atomic E-state index is 0.409. The highest BCUT2D eigenvalue weighted by molar-refractivity contribution is 5.80. The predicted octanol–water partition coefficient (Wildman–Crippen LogP) is 1.98. The molecule has 0 aliphatic carbocycles. The first kappa shape index (κ1) is 9.21. The van der Waals surface area contributed by atoms with Crippen LogP contribution in [0.5, 0.6) is 0 Å². The van der Waals surface area contributed by atoms with Gasteiger partial charge in [0.1, 0.15) is 11.3 Å². The third kappa shape index (κ3) is 1.63. The van der Waals surface area contributed by atoms with Crippen LogP contribution in [0.25, 0.3) is 10.9 Å². The van der Waals surface area contributed by atoms with Crippen LogP contribution >= 0.6 is 0 Å². The number of nitrogens with zero attached hydrogens (tertiary/aromatic N) is 1. The molecule has 0 fully saturated rings. The summed E-state index contributed by atoms with van der Waals surface area (Å²) < 4.78 is 5.30. The molecule has 0 spiro atoms. The summed E-state index contributed by atoms with van der Waals surface area (Å²) in [5, 5.41) is 8.30. The van der Waals surface area contributed by atoms with E-state index < -0.39 is 0 Å². The minimum atomic E-state index is 0.409. The molecule has 0 aliphatic rings. The summed E-state index contributed by atoms with van der Waals surface area (Å²) in [6.45, 7) is 2.12. The van der Waals surface area contributed by atoms with E-state index in [1.54, 1.807) is 0 Å². The SMILES string of the molecule is CNC(C)Cc1onc2ccccc12. The maximum absolute atomic E-state index is 5.30. The molecule has 3 heteroatoms. The summed E-state index contributed by atoms with van der Waals surface area (Å²) in [6, 6.07) is 8.39. The first-order valence-corrected chi connectivity index (χ1v) is 4.82. The quantitative estimate of drug-likeness (QED) is 0.804. The highest BCUT2D eigenvalue weighted by Gasteiger charge is 2.09. The molecule has 74 valence electrons. The van der Waals surface area contributed by atoms with Crippen molar-refractivity contribution in [2.24, 2.45) is 0 Å². The van der Waals surface area contributed by atoms with Crippen molar-refractivity contribution in [2.45, 2.75) is 19.4 Å². The molecule has 0 saturated heterocycles. The molecule has 0 bridgehead atoms. The number of hydrogen-bond donors (Lipinski definition) is 1. The normalized spacial score (nSPS) is 13.3. The van der Waals surface area contributed by atoms with Crippen molar-refractivity contribution in [3.8, 4) is 0 Å². The van der Waals surface area contributed by atoms with Gasteiger partial charge >= 0.3 is 0 Å². The number of rotatable bonds is 3. The second-order valence-electron chi connectivity index (χ2n) is 3.52. The fourth-order valence-corrected chi connectivity index (χ4v) is 1.47. The largest absolute Gasteiger partial charge is 0.360 e. The molecule has 1 aromatic heterocycles. The zero-order valence-corrected chi connectivity index (χ0v) is 8.45. The van der Waals surface area contributed by atoms with Crippen LogP contribution in [0.2, 0.25) is 0 Å². The predicted molar refractivity (Wildman–Crippen MR) is 56.2 cm³/mol. The molecule has 1 heterocycles. The second kappa shape index (κ2) is 3.80. The van der Waals surface area contributed by atoms with Gasteiger partial charge < -0.3 is 9.84 Å². The zero-order valence-electron chi connectivity index (χ0n) is 8.45. The van der Waals surface area contributed by atoms with Gasteiger partial charge in [-0.15, -0.1) is 0 Å². The highest BCUT2D eigenvalue weighted by atomic mass is 16.5. The van der Waals surface area contributed by atoms with E-state index in [4.69, 9.17) is 4.52 Å². The zero-order chi connectivity index (χ0) is 9.97. The van der Waals surface area contributed by atoms with E-state index in [2.05, 4.69) is 17.4 Å². The lowest BCUT2D eigenvalue weighted by Gasteiger charge is -2.06. The van der Waals surface area contributed by atoms with Crippen molar-refractivity contribution >= 4 is 10.9 Å². The lowest BCUT2D eigenvalue weighted by molar-refractivity contribution is 0.378. The average molecular weight is 190 g/mol. The van der Waals surface area contributed by atoms with Crippen molar-refractivity contribution in [2.75, 3.05) is 7.05 Å². The lowest BCUT2D eigenvalue weighted by Crippen LogP contribution is -2.23. The molecule has 2 rings (SSSR count). The van der Waals surface area contributed by atoms with Crippen molar-refractivity contribution in [3.63, 3.8) is 0 Å². The fraction of sp³-hybridized carbons (Fsp3) is 0.364. The van der Waals surface area contributed by atoms with E-state index in [0.717, 1.165) is 23.1 Å². The van der Waals surface area contributed by atoms with Gasteiger partial charge in [-0.3, -0.25) is 0 Å². The Balaban J connectivity index is 2.33. The Kier molecular flexibility index (Phi) is 2.50. The molecule has 1 N–H and O–H groups in total. The first-order valence-electron chi connectivity index (χ1n) is 4.82. The van der Waals surface area contributed by atoms with Crippen LogP contribution in [0.15, 0.2) is 28.8 Å². The standard InChI is InChI=1S/C11H14N2O/c1-8(12-2)7-11-9-5-3-4-6-10(9)13-14-11/h3-6,8,12H,7H2,1-2H3. The Labute approximate surface area is 83.1 Å². The molecular formula is C11H14N2O. The fourth-order valence-electron chi connectivity index (χ4n) is 1.47. The van der Waals surface area contributed by atoms with Crippen LogP contribution in [-0.4, -0.2) is 18.2 Å². The van der Waals surface area contributed by atoms with Crippen LogP contribution in [0, 0.1) is 0 Å². The van der Waals surface area contributed by atoms with Gasteiger partial charge in [0, 0.05) is 17.8 Å². The van der Waals surface area contributed by atoms with Crippen LogP contribution in [0.1, 0.15) is 12.7 Å². The molecule has 0 amide bonds. The minimum Gasteiger partial charge on any atom is -0.360 e. The van der Waals surface area contributed by atoms with Gasteiger partial charge in [0.2, 0.25) is 0 Å². The molecule has 1 aromatic carbocycles. The smallest absolute Gasteiger partial charge is 0.146 e. The summed E-state index contributed by atoms with van der Waals surface area (Å²) in [5.74, 6) is 0.961. The summed E-state index contributed by atoms with van der Waals surface area (Å²) in [7, 11) is 1.95. The Morgan fingerprint density at radius 2 is 2.21 bits per heavy atom. The Morgan fingerprint density at radius 3 is 3.00 bits per heavy atom. The number of fused-ring (bicyclic) bond motifs is 1. The van der Waals surface area contributed by atoms with E-state index in [9.17, 15) is 0 Å². The van der Waals surface area contributed by atoms with Crippen LogP contribution in [0.4, 0.5) is 0 Å². The average Bonchev–Trinajstić information content (AvgIpc) is 2.62. The van der Waals surface area contributed by atoms with Crippen molar-refractivity contribution in [1.29, 1.82) is 0 Å². The van der Waals surface area contributed by atoms with E-state index in [-0.39, 0.29) is 0 Å². The number of hydrogen-bond acceptors (Lipinski definition) is 3. The van der Waals surface area contributed by atoms with Crippen molar-refractivity contribution in [3.05, 3.63) is 30.0 Å². The lowest BCUT2D eigenvalue weighted by atomic mass is 10.1. The third-order valence-electron chi connectivity index (χ3n) is 2.44. The van der Waals surface area contributed by atoms with E-state index in [1.165, 1.54) is 0 Å². The molecule has 3 nitrogen and oxygen atoms in total. The first-order chi connectivity index (χ1) is 6.81.